The molecule has 1 saturated carbocycles. The van der Waals surface area contributed by atoms with Crippen molar-refractivity contribution < 1.29 is 13.9 Å². The maximum Gasteiger partial charge on any atom is 0.322 e. The van der Waals surface area contributed by atoms with Gasteiger partial charge in [0, 0.05) is 49.1 Å². The van der Waals surface area contributed by atoms with E-state index in [1.165, 1.54) is 18.2 Å². The molecule has 1 aliphatic heterocycles. The fourth-order valence-corrected chi connectivity index (χ4v) is 5.10. The molecule has 1 aromatic carbocycles. The highest BCUT2D eigenvalue weighted by Crippen LogP contribution is 2.40. The van der Waals surface area contributed by atoms with Crippen LogP contribution in [0, 0.1) is 24.6 Å². The Morgan fingerprint density at radius 3 is 2.65 bits per heavy atom. The van der Waals surface area contributed by atoms with E-state index in [4.69, 9.17) is 21.1 Å². The number of nitrogens with zero attached hydrogens (tertiary/aromatic N) is 6. The minimum Gasteiger partial charge on any atom is -0.424 e. The van der Waals surface area contributed by atoms with Crippen LogP contribution in [0.5, 0.6) is 11.8 Å². The smallest absolute Gasteiger partial charge is 0.322 e. The van der Waals surface area contributed by atoms with Gasteiger partial charge in [-0.25, -0.2) is 19.0 Å². The molecule has 0 spiro atoms. The molecule has 2 aromatic heterocycles. The number of nitrogens with one attached hydrogen (secondary N) is 1. The molecule has 1 N–H and O–H groups in total. The van der Waals surface area contributed by atoms with Crippen LogP contribution in [0.4, 0.5) is 16.2 Å². The van der Waals surface area contributed by atoms with Gasteiger partial charge in [-0.2, -0.15) is 4.98 Å². The standard InChI is InChI=1S/C23H27ClFN7O2/c1-14-7-20(27-13-26-14)31-11-15-3-4-16(12-31)21(15)28-22-29-23(32(30-22)5-6-33-2)34-19-9-17(24)8-18(25)10-19/h7-10,13,15-16,21H,3-6,11-12H2,1-2H3,(H,28,30)/t15-,16+,21?. The zero-order valence-electron chi connectivity index (χ0n) is 19.1. The number of benzene rings is 1. The van der Waals surface area contributed by atoms with Gasteiger partial charge in [0.1, 0.15) is 23.7 Å². The number of anilines is 2. The summed E-state index contributed by atoms with van der Waals surface area (Å²) in [4.78, 5) is 15.6. The van der Waals surface area contributed by atoms with Crippen molar-refractivity contribution in [2.75, 3.05) is 37.0 Å². The summed E-state index contributed by atoms with van der Waals surface area (Å²) in [6, 6.07) is 6.57. The van der Waals surface area contributed by atoms with Crippen LogP contribution in [0.15, 0.2) is 30.6 Å². The molecule has 3 aromatic rings. The fraction of sp³-hybridized carbons (Fsp3) is 0.478. The predicted octanol–water partition coefficient (Wildman–Crippen LogP) is 3.93. The Morgan fingerprint density at radius 1 is 1.15 bits per heavy atom. The van der Waals surface area contributed by atoms with Crippen molar-refractivity contribution in [3.05, 3.63) is 47.1 Å². The van der Waals surface area contributed by atoms with Crippen LogP contribution in [-0.4, -0.2) is 57.6 Å². The first-order chi connectivity index (χ1) is 16.5. The Hall–Kier alpha value is -2.98. The van der Waals surface area contributed by atoms with Crippen LogP contribution in [-0.2, 0) is 11.3 Å². The van der Waals surface area contributed by atoms with E-state index in [9.17, 15) is 4.39 Å². The molecule has 2 aliphatic rings. The van der Waals surface area contributed by atoms with Gasteiger partial charge in [0.2, 0.25) is 5.95 Å². The lowest BCUT2D eigenvalue weighted by molar-refractivity contribution is 0.179. The maximum absolute atomic E-state index is 13.8. The summed E-state index contributed by atoms with van der Waals surface area (Å²) >= 11 is 5.97. The van der Waals surface area contributed by atoms with Crippen LogP contribution in [0.2, 0.25) is 5.02 Å². The fourth-order valence-electron chi connectivity index (χ4n) is 4.89. The molecule has 180 valence electrons. The van der Waals surface area contributed by atoms with E-state index in [1.54, 1.807) is 18.1 Å². The molecule has 1 aliphatic carbocycles. The first-order valence-corrected chi connectivity index (χ1v) is 11.7. The predicted molar refractivity (Wildman–Crippen MR) is 126 cm³/mol. The van der Waals surface area contributed by atoms with Crippen molar-refractivity contribution >= 4 is 23.4 Å². The number of fused-ring (bicyclic) bond motifs is 2. The number of piperidine rings is 1. The lowest BCUT2D eigenvalue weighted by Crippen LogP contribution is -2.48. The largest absolute Gasteiger partial charge is 0.424 e. The highest BCUT2D eigenvalue weighted by atomic mass is 35.5. The Kier molecular flexibility index (Phi) is 6.51. The highest BCUT2D eigenvalue weighted by Gasteiger charge is 2.43. The third-order valence-electron chi connectivity index (χ3n) is 6.43. The molecular weight excluding hydrogens is 461 g/mol. The Morgan fingerprint density at radius 2 is 1.94 bits per heavy atom. The van der Waals surface area contributed by atoms with Crippen molar-refractivity contribution in [2.24, 2.45) is 11.8 Å². The average Bonchev–Trinajstić information content (AvgIpc) is 3.26. The lowest BCUT2D eigenvalue weighted by Gasteiger charge is -2.38. The van der Waals surface area contributed by atoms with Gasteiger partial charge in [-0.1, -0.05) is 11.6 Å². The first kappa shape index (κ1) is 22.8. The van der Waals surface area contributed by atoms with Gasteiger partial charge in [0.05, 0.1) is 13.2 Å². The van der Waals surface area contributed by atoms with E-state index in [0.717, 1.165) is 37.4 Å². The van der Waals surface area contributed by atoms with Crippen LogP contribution >= 0.6 is 11.6 Å². The normalized spacial score (nSPS) is 21.6. The number of aryl methyl sites for hydroxylation is 1. The van der Waals surface area contributed by atoms with Gasteiger partial charge in [-0.05, 0) is 43.7 Å². The number of halogens is 2. The highest BCUT2D eigenvalue weighted by molar-refractivity contribution is 6.30. The van der Waals surface area contributed by atoms with Gasteiger partial charge < -0.3 is 19.7 Å². The summed E-state index contributed by atoms with van der Waals surface area (Å²) in [7, 11) is 1.62. The maximum atomic E-state index is 13.8. The quantitative estimate of drug-likeness (QED) is 0.511. The Bertz CT molecular complexity index is 1130. The molecule has 2 fully saturated rings. The van der Waals surface area contributed by atoms with Crippen molar-refractivity contribution in [3.8, 4) is 11.8 Å². The number of ether oxygens (including phenoxy) is 2. The summed E-state index contributed by atoms with van der Waals surface area (Å²) < 4.78 is 26.4. The minimum absolute atomic E-state index is 0.249. The molecule has 0 amide bonds. The monoisotopic (exact) mass is 487 g/mol. The second-order valence-electron chi connectivity index (χ2n) is 8.83. The van der Waals surface area contributed by atoms with Gasteiger partial charge in [0.25, 0.3) is 0 Å². The Balaban J connectivity index is 1.32. The van der Waals surface area contributed by atoms with Crippen LogP contribution in [0.3, 0.4) is 0 Å². The van der Waals surface area contributed by atoms with E-state index in [2.05, 4.69) is 30.3 Å². The van der Waals surface area contributed by atoms with Crippen molar-refractivity contribution in [3.63, 3.8) is 0 Å². The van der Waals surface area contributed by atoms with Gasteiger partial charge in [0.15, 0.2) is 0 Å². The molecule has 0 radical (unpaired) electrons. The topological polar surface area (TPSA) is 90.2 Å². The van der Waals surface area contributed by atoms with E-state index in [-0.39, 0.29) is 22.8 Å². The van der Waals surface area contributed by atoms with Gasteiger partial charge >= 0.3 is 6.01 Å². The SMILES string of the molecule is COCCn1nc(NC2[C@@H]3CC[C@H]2CN(c2cc(C)ncn2)C3)nc1Oc1cc(F)cc(Cl)c1. The van der Waals surface area contributed by atoms with Crippen LogP contribution in [0.1, 0.15) is 18.5 Å². The molecule has 1 unspecified atom stereocenters. The molecule has 34 heavy (non-hydrogen) atoms. The molecule has 11 heteroatoms. The van der Waals surface area contributed by atoms with Gasteiger partial charge in [-0.15, -0.1) is 5.10 Å². The number of aromatic nitrogens is 5. The lowest BCUT2D eigenvalue weighted by atomic mass is 9.92. The summed E-state index contributed by atoms with van der Waals surface area (Å²) in [5.74, 6) is 2.15. The van der Waals surface area contributed by atoms with Crippen LogP contribution < -0.4 is 15.0 Å². The molecule has 2 bridgehead atoms. The number of rotatable bonds is 8. The van der Waals surface area contributed by atoms with E-state index >= 15 is 0 Å². The third kappa shape index (κ3) is 4.92. The molecular formula is C23H27ClFN7O2. The van der Waals surface area contributed by atoms with Crippen LogP contribution in [0.25, 0.3) is 0 Å². The minimum atomic E-state index is -0.481. The second kappa shape index (κ2) is 9.71. The zero-order chi connectivity index (χ0) is 23.7. The van der Waals surface area contributed by atoms with Crippen molar-refractivity contribution in [2.45, 2.75) is 32.4 Å². The molecule has 1 saturated heterocycles. The number of methoxy groups -OCH3 is 1. The molecule has 9 nitrogen and oxygen atoms in total. The molecule has 3 atom stereocenters. The number of hydrogen-bond acceptors (Lipinski definition) is 8. The van der Waals surface area contributed by atoms with Crippen molar-refractivity contribution in [1.29, 1.82) is 0 Å². The summed E-state index contributed by atoms with van der Waals surface area (Å²) in [6.45, 7) is 4.70. The first-order valence-electron chi connectivity index (χ1n) is 11.4. The summed E-state index contributed by atoms with van der Waals surface area (Å²) in [6.07, 6.45) is 3.90. The van der Waals surface area contributed by atoms with Crippen molar-refractivity contribution in [1.82, 2.24) is 24.7 Å². The third-order valence-corrected chi connectivity index (χ3v) is 6.65. The average molecular weight is 488 g/mol. The number of hydrogen-bond donors (Lipinski definition) is 1. The zero-order valence-corrected chi connectivity index (χ0v) is 19.9. The Labute approximate surface area is 202 Å². The molecule has 5 rings (SSSR count). The summed E-state index contributed by atoms with van der Waals surface area (Å²) in [5, 5.41) is 8.39. The summed E-state index contributed by atoms with van der Waals surface area (Å²) in [5.41, 5.74) is 0.968. The van der Waals surface area contributed by atoms with E-state index in [1.807, 2.05) is 13.0 Å². The van der Waals surface area contributed by atoms with E-state index in [0.29, 0.717) is 30.9 Å². The van der Waals surface area contributed by atoms with E-state index < -0.39 is 5.82 Å². The molecule has 3 heterocycles. The second-order valence-corrected chi connectivity index (χ2v) is 9.27. The van der Waals surface area contributed by atoms with Gasteiger partial charge in [-0.3, -0.25) is 0 Å².